The maximum Gasteiger partial charge on any atom is 0.0115 e. The van der Waals surface area contributed by atoms with Crippen molar-refractivity contribution in [1.82, 2.24) is 5.32 Å². The molecule has 0 heterocycles. The number of nitrogens with one attached hydrogen (secondary N) is 1. The van der Waals surface area contributed by atoms with Crippen LogP contribution in [0.5, 0.6) is 0 Å². The topological polar surface area (TPSA) is 12.0 Å². The molecule has 108 valence electrons. The second-order valence-electron chi connectivity index (χ2n) is 4.76. The summed E-state index contributed by atoms with van der Waals surface area (Å²) in [6.07, 6.45) is 19.1. The van der Waals surface area contributed by atoms with Crippen LogP contribution in [0, 0.1) is 5.92 Å². The van der Waals surface area contributed by atoms with E-state index < -0.39 is 0 Å². The van der Waals surface area contributed by atoms with Crippen LogP contribution in [-0.4, -0.2) is 6.54 Å². The molecule has 1 N–H and O–H groups in total. The zero-order chi connectivity index (χ0) is 14.3. The second-order valence-corrected chi connectivity index (χ2v) is 4.76. The van der Waals surface area contributed by atoms with Gasteiger partial charge in [0.1, 0.15) is 0 Å². The van der Waals surface area contributed by atoms with Gasteiger partial charge in [-0.2, -0.15) is 0 Å². The lowest BCUT2D eigenvalue weighted by atomic mass is 9.99. The highest BCUT2D eigenvalue weighted by Gasteiger charge is 2.00. The van der Waals surface area contributed by atoms with E-state index in [4.69, 9.17) is 0 Å². The first-order valence-corrected chi connectivity index (χ1v) is 7.60. The van der Waals surface area contributed by atoms with Gasteiger partial charge < -0.3 is 5.32 Å². The van der Waals surface area contributed by atoms with E-state index in [9.17, 15) is 0 Å². The minimum atomic E-state index is 0.564. The van der Waals surface area contributed by atoms with Crippen LogP contribution in [0.1, 0.15) is 52.9 Å². The Bertz CT molecular complexity index is 297. The summed E-state index contributed by atoms with van der Waals surface area (Å²) in [7, 11) is 0. The van der Waals surface area contributed by atoms with Gasteiger partial charge in [-0.1, -0.05) is 50.0 Å². The Labute approximate surface area is 120 Å². The largest absolute Gasteiger partial charge is 0.389 e. The Balaban J connectivity index is 3.98. The molecule has 0 amide bonds. The maximum absolute atomic E-state index is 4.03. The highest BCUT2D eigenvalue weighted by atomic mass is 14.9. The van der Waals surface area contributed by atoms with Crippen molar-refractivity contribution in [2.45, 2.75) is 52.9 Å². The minimum absolute atomic E-state index is 0.564. The Morgan fingerprint density at radius 1 is 1.16 bits per heavy atom. The lowest BCUT2D eigenvalue weighted by Crippen LogP contribution is -2.10. The van der Waals surface area contributed by atoms with Crippen LogP contribution in [0.2, 0.25) is 0 Å². The molecule has 0 fully saturated rings. The van der Waals surface area contributed by atoms with Crippen LogP contribution in [0.4, 0.5) is 0 Å². The number of hydrogen-bond acceptors (Lipinski definition) is 1. The summed E-state index contributed by atoms with van der Waals surface area (Å²) in [4.78, 5) is 0. The van der Waals surface area contributed by atoms with Crippen molar-refractivity contribution in [3.8, 4) is 0 Å². The molecule has 0 aromatic carbocycles. The van der Waals surface area contributed by atoms with E-state index >= 15 is 0 Å². The molecule has 1 heteroatoms. The van der Waals surface area contributed by atoms with E-state index in [1.807, 2.05) is 0 Å². The van der Waals surface area contributed by atoms with Crippen LogP contribution < -0.4 is 5.32 Å². The van der Waals surface area contributed by atoms with Gasteiger partial charge in [0, 0.05) is 12.2 Å². The van der Waals surface area contributed by atoms with Gasteiger partial charge in [-0.15, -0.1) is 0 Å². The number of rotatable bonds is 11. The molecule has 0 aromatic heterocycles. The highest BCUT2D eigenvalue weighted by molar-refractivity contribution is 5.02. The van der Waals surface area contributed by atoms with Gasteiger partial charge >= 0.3 is 0 Å². The Morgan fingerprint density at radius 2 is 1.95 bits per heavy atom. The molecule has 0 aliphatic rings. The van der Waals surface area contributed by atoms with E-state index in [0.29, 0.717) is 5.92 Å². The number of hydrogen-bond donors (Lipinski definition) is 1. The molecule has 0 radical (unpaired) electrons. The van der Waals surface area contributed by atoms with Crippen LogP contribution in [0.25, 0.3) is 0 Å². The molecule has 0 saturated carbocycles. The average molecular weight is 261 g/mol. The average Bonchev–Trinajstić information content (AvgIpc) is 2.38. The zero-order valence-corrected chi connectivity index (χ0v) is 13.0. The summed E-state index contributed by atoms with van der Waals surface area (Å²) in [5.41, 5.74) is 1.16. The first-order chi connectivity index (χ1) is 9.24. The van der Waals surface area contributed by atoms with Crippen molar-refractivity contribution in [3.05, 3.63) is 48.7 Å². The van der Waals surface area contributed by atoms with E-state index in [-0.39, 0.29) is 0 Å². The van der Waals surface area contributed by atoms with Gasteiger partial charge in [-0.05, 0) is 51.9 Å². The molecule has 0 saturated heterocycles. The highest BCUT2D eigenvalue weighted by Crippen LogP contribution is 2.14. The summed E-state index contributed by atoms with van der Waals surface area (Å²) in [6, 6.07) is 0. The van der Waals surface area contributed by atoms with Crippen LogP contribution >= 0.6 is 0 Å². The molecule has 0 spiro atoms. The first kappa shape index (κ1) is 17.8. The molecule has 0 bridgehead atoms. The summed E-state index contributed by atoms with van der Waals surface area (Å²) in [6.45, 7) is 11.4. The Morgan fingerprint density at radius 3 is 2.58 bits per heavy atom. The molecule has 1 unspecified atom stereocenters. The van der Waals surface area contributed by atoms with Crippen molar-refractivity contribution in [2.75, 3.05) is 6.54 Å². The summed E-state index contributed by atoms with van der Waals surface area (Å²) in [5.74, 6) is 0.564. The van der Waals surface area contributed by atoms with Gasteiger partial charge in [-0.25, -0.2) is 0 Å². The molecular formula is C18H31N. The van der Waals surface area contributed by atoms with Crippen molar-refractivity contribution < 1.29 is 0 Å². The molecule has 0 rings (SSSR count). The second kappa shape index (κ2) is 13.2. The van der Waals surface area contributed by atoms with E-state index in [1.165, 1.54) is 12.8 Å². The van der Waals surface area contributed by atoms with E-state index in [1.54, 1.807) is 0 Å². The lowest BCUT2D eigenvalue weighted by Gasteiger charge is -2.10. The molecule has 1 nitrogen and oxygen atoms in total. The fraction of sp³-hybridized carbons (Fsp3) is 0.556. The summed E-state index contributed by atoms with van der Waals surface area (Å²) in [5, 5.41) is 3.28. The van der Waals surface area contributed by atoms with E-state index in [2.05, 4.69) is 69.1 Å². The standard InChI is InChI=1S/C18H31N/c1-5-8-9-10-11-15-18(13-6-2)16-12-14-17(4)19-7-3/h6,8-9,11,13,15,18-19H,4-5,7,10,12,14,16H2,1-3H3/b9-8-,13-6+,15-11?. The van der Waals surface area contributed by atoms with Crippen molar-refractivity contribution in [1.29, 1.82) is 0 Å². The van der Waals surface area contributed by atoms with Crippen molar-refractivity contribution in [3.63, 3.8) is 0 Å². The molecular weight excluding hydrogens is 230 g/mol. The molecule has 0 aliphatic carbocycles. The van der Waals surface area contributed by atoms with Crippen LogP contribution in [0.15, 0.2) is 48.7 Å². The Hall–Kier alpha value is -1.24. The van der Waals surface area contributed by atoms with Crippen LogP contribution in [-0.2, 0) is 0 Å². The van der Waals surface area contributed by atoms with E-state index in [0.717, 1.165) is 31.5 Å². The molecule has 0 aromatic rings. The SMILES string of the molecule is C=C(CCCC(C=CC/C=C\CC)/C=C/C)NCC. The molecule has 1 atom stereocenters. The van der Waals surface area contributed by atoms with Gasteiger partial charge in [-0.3, -0.25) is 0 Å². The first-order valence-electron chi connectivity index (χ1n) is 7.60. The van der Waals surface area contributed by atoms with Gasteiger partial charge in [0.25, 0.3) is 0 Å². The minimum Gasteiger partial charge on any atom is -0.389 e. The Kier molecular flexibility index (Phi) is 12.3. The normalized spacial score (nSPS) is 13.6. The third-order valence-electron chi connectivity index (χ3n) is 2.94. The maximum atomic E-state index is 4.03. The van der Waals surface area contributed by atoms with Gasteiger partial charge in [0.2, 0.25) is 0 Å². The van der Waals surface area contributed by atoms with Gasteiger partial charge in [0.15, 0.2) is 0 Å². The van der Waals surface area contributed by atoms with Crippen molar-refractivity contribution >= 4 is 0 Å². The monoisotopic (exact) mass is 261 g/mol. The third kappa shape index (κ3) is 11.6. The third-order valence-corrected chi connectivity index (χ3v) is 2.94. The predicted octanol–water partition coefficient (Wildman–Crippen LogP) is 5.38. The molecule has 0 aliphatic heterocycles. The molecule has 19 heavy (non-hydrogen) atoms. The smallest absolute Gasteiger partial charge is 0.0115 e. The fourth-order valence-corrected chi connectivity index (χ4v) is 1.99. The lowest BCUT2D eigenvalue weighted by molar-refractivity contribution is 0.629. The summed E-state index contributed by atoms with van der Waals surface area (Å²) < 4.78 is 0. The van der Waals surface area contributed by atoms with Crippen molar-refractivity contribution in [2.24, 2.45) is 5.92 Å². The fourth-order valence-electron chi connectivity index (χ4n) is 1.99. The van der Waals surface area contributed by atoms with Gasteiger partial charge in [0.05, 0.1) is 0 Å². The number of allylic oxidation sites excluding steroid dienone is 7. The van der Waals surface area contributed by atoms with Crippen LogP contribution in [0.3, 0.4) is 0 Å². The zero-order valence-electron chi connectivity index (χ0n) is 13.0. The quantitative estimate of drug-likeness (QED) is 0.492. The predicted molar refractivity (Wildman–Crippen MR) is 88.2 cm³/mol. The summed E-state index contributed by atoms with van der Waals surface area (Å²) >= 11 is 0.